The zero-order valence-corrected chi connectivity index (χ0v) is 13.7. The molecule has 0 saturated heterocycles. The Morgan fingerprint density at radius 3 is 2.75 bits per heavy atom. The summed E-state index contributed by atoms with van der Waals surface area (Å²) in [6.07, 6.45) is 8.28. The van der Waals surface area contributed by atoms with Gasteiger partial charge < -0.3 is 5.32 Å². The Balaban J connectivity index is 1.49. The highest BCUT2D eigenvalue weighted by molar-refractivity contribution is 9.10. The van der Waals surface area contributed by atoms with Crippen molar-refractivity contribution in [1.29, 1.82) is 0 Å². The molecule has 4 saturated carbocycles. The van der Waals surface area contributed by atoms with Gasteiger partial charge in [0.2, 0.25) is 11.0 Å². The van der Waals surface area contributed by atoms with Crippen LogP contribution in [0.2, 0.25) is 0 Å². The first-order valence-electron chi connectivity index (χ1n) is 7.29. The fourth-order valence-corrected chi connectivity index (χ4v) is 7.25. The second-order valence-electron chi connectivity index (χ2n) is 7.08. The van der Waals surface area contributed by atoms with E-state index in [4.69, 9.17) is 0 Å². The van der Waals surface area contributed by atoms with Crippen LogP contribution in [0, 0.1) is 17.3 Å². The smallest absolute Gasteiger partial charge is 0.226 e. The lowest BCUT2D eigenvalue weighted by Crippen LogP contribution is -2.53. The van der Waals surface area contributed by atoms with Crippen molar-refractivity contribution in [3.05, 3.63) is 5.51 Å². The van der Waals surface area contributed by atoms with Crippen LogP contribution >= 0.6 is 27.3 Å². The molecular weight excluding hydrogens is 338 g/mol. The molecule has 4 aliphatic carbocycles. The second kappa shape index (κ2) is 4.50. The van der Waals surface area contributed by atoms with Gasteiger partial charge in [0.1, 0.15) is 5.51 Å². The molecular formula is C14H18BrN3OS. The van der Waals surface area contributed by atoms with Crippen molar-refractivity contribution in [3.63, 3.8) is 0 Å². The summed E-state index contributed by atoms with van der Waals surface area (Å²) >= 11 is 5.37. The molecule has 4 bridgehead atoms. The zero-order chi connectivity index (χ0) is 13.8. The predicted octanol–water partition coefficient (Wildman–Crippen LogP) is 3.60. The number of rotatable bonds is 3. The molecule has 1 heterocycles. The van der Waals surface area contributed by atoms with E-state index >= 15 is 0 Å². The van der Waals surface area contributed by atoms with E-state index in [2.05, 4.69) is 31.4 Å². The maximum atomic E-state index is 12.3. The van der Waals surface area contributed by atoms with Crippen molar-refractivity contribution in [2.75, 3.05) is 5.32 Å². The van der Waals surface area contributed by atoms with Gasteiger partial charge in [-0.05, 0) is 55.8 Å². The van der Waals surface area contributed by atoms with Gasteiger partial charge in [-0.3, -0.25) is 4.79 Å². The van der Waals surface area contributed by atoms with Crippen LogP contribution in [0.25, 0.3) is 0 Å². The number of hydrogen-bond acceptors (Lipinski definition) is 4. The highest BCUT2D eigenvalue weighted by atomic mass is 79.9. The summed E-state index contributed by atoms with van der Waals surface area (Å²) in [5.41, 5.74) is 1.87. The number of alkyl halides is 1. The third kappa shape index (κ3) is 2.30. The number of carbonyl (C=O) groups is 1. The maximum absolute atomic E-state index is 12.3. The number of nitrogens with one attached hydrogen (secondary N) is 1. The second-order valence-corrected chi connectivity index (χ2v) is 9.60. The van der Waals surface area contributed by atoms with Crippen LogP contribution in [0.4, 0.5) is 5.13 Å². The van der Waals surface area contributed by atoms with Gasteiger partial charge >= 0.3 is 0 Å². The highest BCUT2D eigenvalue weighted by Gasteiger charge is 2.57. The summed E-state index contributed by atoms with van der Waals surface area (Å²) in [6, 6.07) is 0. The normalized spacial score (nSPS) is 41.9. The monoisotopic (exact) mass is 355 g/mol. The standard InChI is InChI=1S/C14H18BrN3OS/c15-14-4-9-1-10(5-14)3-13(2-9,7-14)6-11(19)17-12-18-16-8-20-12/h8-10H,1-7H2,(H,17,18,19)/t9-,10+,13?,14?. The molecule has 4 aliphatic rings. The third-order valence-electron chi connectivity index (χ3n) is 5.25. The first-order chi connectivity index (χ1) is 9.54. The SMILES string of the molecule is O=C(CC12C[C@@H]3C[C@@H](CC(Br)(C3)C1)C2)Nc1nncs1. The van der Waals surface area contributed by atoms with Crippen molar-refractivity contribution >= 4 is 38.3 Å². The number of hydrogen-bond donors (Lipinski definition) is 1. The number of anilines is 1. The van der Waals surface area contributed by atoms with E-state index in [1.165, 1.54) is 43.4 Å². The van der Waals surface area contributed by atoms with E-state index in [1.807, 2.05) is 0 Å². The van der Waals surface area contributed by atoms with Crippen molar-refractivity contribution < 1.29 is 4.79 Å². The number of carbonyl (C=O) groups excluding carboxylic acids is 1. The van der Waals surface area contributed by atoms with E-state index in [0.29, 0.717) is 15.9 Å². The molecule has 4 nitrogen and oxygen atoms in total. The molecule has 4 fully saturated rings. The van der Waals surface area contributed by atoms with Crippen LogP contribution in [0.3, 0.4) is 0 Å². The Bertz CT molecular complexity index is 519. The van der Waals surface area contributed by atoms with Crippen LogP contribution in [0.5, 0.6) is 0 Å². The Kier molecular flexibility index (Phi) is 2.97. The lowest BCUT2D eigenvalue weighted by atomic mass is 9.48. The molecule has 0 spiro atoms. The van der Waals surface area contributed by atoms with Gasteiger partial charge in [-0.25, -0.2) is 0 Å². The lowest BCUT2D eigenvalue weighted by Gasteiger charge is -2.60. The molecule has 2 unspecified atom stereocenters. The van der Waals surface area contributed by atoms with Crippen molar-refractivity contribution in [2.45, 2.75) is 49.3 Å². The summed E-state index contributed by atoms with van der Waals surface area (Å²) in [7, 11) is 0. The molecule has 1 aromatic heterocycles. The van der Waals surface area contributed by atoms with Gasteiger partial charge in [0, 0.05) is 10.7 Å². The van der Waals surface area contributed by atoms with Crippen LogP contribution in [-0.2, 0) is 4.79 Å². The Morgan fingerprint density at radius 2 is 2.15 bits per heavy atom. The first-order valence-corrected chi connectivity index (χ1v) is 8.97. The van der Waals surface area contributed by atoms with E-state index in [0.717, 1.165) is 18.3 Å². The molecule has 108 valence electrons. The summed E-state index contributed by atoms with van der Waals surface area (Å²) in [4.78, 5) is 12.3. The minimum absolute atomic E-state index is 0.111. The van der Waals surface area contributed by atoms with E-state index in [1.54, 1.807) is 5.51 Å². The van der Waals surface area contributed by atoms with Crippen LogP contribution in [0.1, 0.15) is 44.9 Å². The van der Waals surface area contributed by atoms with Gasteiger partial charge in [-0.2, -0.15) is 0 Å². The Hall–Kier alpha value is -0.490. The summed E-state index contributed by atoms with van der Waals surface area (Å²) in [5, 5.41) is 11.2. The minimum Gasteiger partial charge on any atom is -0.301 e. The average Bonchev–Trinajstić information content (AvgIpc) is 2.76. The van der Waals surface area contributed by atoms with Crippen molar-refractivity contribution in [3.8, 4) is 0 Å². The fourth-order valence-electron chi connectivity index (χ4n) is 5.27. The zero-order valence-electron chi connectivity index (χ0n) is 11.3. The van der Waals surface area contributed by atoms with E-state index in [-0.39, 0.29) is 11.3 Å². The van der Waals surface area contributed by atoms with Crippen molar-refractivity contribution in [1.82, 2.24) is 10.2 Å². The number of amides is 1. The molecule has 1 amide bonds. The van der Waals surface area contributed by atoms with Crippen LogP contribution in [-0.4, -0.2) is 20.4 Å². The quantitative estimate of drug-likeness (QED) is 0.842. The van der Waals surface area contributed by atoms with Gasteiger partial charge in [-0.1, -0.05) is 27.3 Å². The predicted molar refractivity (Wildman–Crippen MR) is 81.9 cm³/mol. The first kappa shape index (κ1) is 13.2. The Morgan fingerprint density at radius 1 is 1.40 bits per heavy atom. The lowest BCUT2D eigenvalue weighted by molar-refractivity contribution is -0.123. The average molecular weight is 356 g/mol. The molecule has 5 rings (SSSR count). The summed E-state index contributed by atoms with van der Waals surface area (Å²) in [5.74, 6) is 1.76. The summed E-state index contributed by atoms with van der Waals surface area (Å²) in [6.45, 7) is 0. The molecule has 1 aromatic rings. The molecule has 4 atom stereocenters. The largest absolute Gasteiger partial charge is 0.301 e. The third-order valence-corrected chi connectivity index (χ3v) is 6.79. The molecule has 0 aliphatic heterocycles. The number of nitrogens with zero attached hydrogens (tertiary/aromatic N) is 2. The summed E-state index contributed by atoms with van der Waals surface area (Å²) < 4.78 is 0.320. The fraction of sp³-hybridized carbons (Fsp3) is 0.786. The van der Waals surface area contributed by atoms with Crippen molar-refractivity contribution in [2.24, 2.45) is 17.3 Å². The van der Waals surface area contributed by atoms with Gasteiger partial charge in [0.25, 0.3) is 0 Å². The minimum atomic E-state index is 0.111. The Labute approximate surface area is 130 Å². The maximum Gasteiger partial charge on any atom is 0.226 e. The number of aromatic nitrogens is 2. The number of halogens is 1. The molecule has 6 heteroatoms. The van der Waals surface area contributed by atoms with E-state index in [9.17, 15) is 4.79 Å². The van der Waals surface area contributed by atoms with Crippen LogP contribution in [0.15, 0.2) is 5.51 Å². The van der Waals surface area contributed by atoms with Crippen LogP contribution < -0.4 is 5.32 Å². The molecule has 20 heavy (non-hydrogen) atoms. The van der Waals surface area contributed by atoms with Gasteiger partial charge in [0.15, 0.2) is 0 Å². The molecule has 0 radical (unpaired) electrons. The topological polar surface area (TPSA) is 54.9 Å². The highest BCUT2D eigenvalue weighted by Crippen LogP contribution is 2.65. The molecule has 1 N–H and O–H groups in total. The molecule has 0 aromatic carbocycles. The van der Waals surface area contributed by atoms with E-state index < -0.39 is 0 Å². The van der Waals surface area contributed by atoms with Gasteiger partial charge in [-0.15, -0.1) is 10.2 Å². The van der Waals surface area contributed by atoms with Gasteiger partial charge in [0.05, 0.1) is 0 Å².